The van der Waals surface area contributed by atoms with E-state index in [0.717, 1.165) is 36.4 Å². The van der Waals surface area contributed by atoms with E-state index in [0.29, 0.717) is 6.04 Å². The molecule has 0 aliphatic carbocycles. The molecule has 2 aliphatic heterocycles. The summed E-state index contributed by atoms with van der Waals surface area (Å²) in [7, 11) is 1.96. The molecular weight excluding hydrogens is 236 g/mol. The molecule has 0 spiro atoms. The van der Waals surface area contributed by atoms with E-state index in [1.807, 2.05) is 11.7 Å². The van der Waals surface area contributed by atoms with Gasteiger partial charge in [0.2, 0.25) is 0 Å². The summed E-state index contributed by atoms with van der Waals surface area (Å²) < 4.78 is 1.89. The predicted molar refractivity (Wildman–Crippen MR) is 68.1 cm³/mol. The monoisotopic (exact) mass is 254 g/mol. The highest BCUT2D eigenvalue weighted by molar-refractivity contribution is 6.31. The number of halogens is 1. The van der Waals surface area contributed by atoms with Gasteiger partial charge in [0, 0.05) is 38.8 Å². The topological polar surface area (TPSA) is 33.1 Å². The Labute approximate surface area is 107 Å². The van der Waals surface area contributed by atoms with Crippen molar-refractivity contribution in [1.29, 1.82) is 0 Å². The van der Waals surface area contributed by atoms with Crippen molar-refractivity contribution >= 4 is 11.6 Å². The largest absolute Gasteiger partial charge is 0.310 e. The average Bonchev–Trinajstić information content (AvgIpc) is 2.78. The van der Waals surface area contributed by atoms with Gasteiger partial charge in [-0.05, 0) is 19.3 Å². The van der Waals surface area contributed by atoms with Crippen LogP contribution in [0.1, 0.15) is 25.0 Å². The van der Waals surface area contributed by atoms with Crippen LogP contribution in [0.15, 0.2) is 6.20 Å². The molecule has 1 aromatic heterocycles. The molecule has 1 aromatic rings. The molecule has 0 saturated carbocycles. The summed E-state index contributed by atoms with van der Waals surface area (Å²) >= 11 is 6.16. The van der Waals surface area contributed by atoms with Crippen molar-refractivity contribution in [1.82, 2.24) is 20.0 Å². The zero-order valence-electron chi connectivity index (χ0n) is 10.2. The lowest BCUT2D eigenvalue weighted by Crippen LogP contribution is -2.35. The van der Waals surface area contributed by atoms with Gasteiger partial charge < -0.3 is 5.32 Å². The van der Waals surface area contributed by atoms with E-state index < -0.39 is 0 Å². The van der Waals surface area contributed by atoms with Crippen molar-refractivity contribution in [2.45, 2.75) is 37.9 Å². The summed E-state index contributed by atoms with van der Waals surface area (Å²) in [4.78, 5) is 2.50. The standard InChI is InChI=1S/C12H19ClN4/c1-16-12(11(13)6-14-16)8-17-5-4-9-2-3-10(7-17)15-9/h6,9-10,15H,2-5,7-8H2,1H3. The number of nitrogens with one attached hydrogen (secondary N) is 1. The molecule has 2 saturated heterocycles. The first-order valence-electron chi connectivity index (χ1n) is 6.37. The SMILES string of the molecule is Cn1ncc(Cl)c1CN1CCC2CCC(C1)N2. The molecule has 2 fully saturated rings. The first-order chi connectivity index (χ1) is 8.22. The van der Waals surface area contributed by atoms with Gasteiger partial charge in [-0.2, -0.15) is 5.10 Å². The van der Waals surface area contributed by atoms with Crippen LogP contribution >= 0.6 is 11.6 Å². The van der Waals surface area contributed by atoms with Gasteiger partial charge in [0.05, 0.1) is 16.9 Å². The van der Waals surface area contributed by atoms with Crippen LogP contribution in [0.2, 0.25) is 5.02 Å². The second-order valence-electron chi connectivity index (χ2n) is 5.22. The van der Waals surface area contributed by atoms with E-state index in [9.17, 15) is 0 Å². The third kappa shape index (κ3) is 2.34. The van der Waals surface area contributed by atoms with Crippen LogP contribution in [0.4, 0.5) is 0 Å². The average molecular weight is 255 g/mol. The fourth-order valence-electron chi connectivity index (χ4n) is 2.98. The Hall–Kier alpha value is -0.580. The number of aryl methyl sites for hydroxylation is 1. The number of rotatable bonds is 2. The molecule has 2 bridgehead atoms. The van der Waals surface area contributed by atoms with Crippen molar-refractivity contribution < 1.29 is 0 Å². The van der Waals surface area contributed by atoms with E-state index >= 15 is 0 Å². The number of hydrogen-bond donors (Lipinski definition) is 1. The van der Waals surface area contributed by atoms with Crippen LogP contribution in [-0.2, 0) is 13.6 Å². The third-order valence-electron chi connectivity index (χ3n) is 3.99. The van der Waals surface area contributed by atoms with Gasteiger partial charge in [-0.1, -0.05) is 11.6 Å². The zero-order valence-corrected chi connectivity index (χ0v) is 11.0. The molecule has 2 unspecified atom stereocenters. The highest BCUT2D eigenvalue weighted by Gasteiger charge is 2.29. The van der Waals surface area contributed by atoms with E-state index in [-0.39, 0.29) is 0 Å². The van der Waals surface area contributed by atoms with Crippen LogP contribution in [0.25, 0.3) is 0 Å². The molecule has 3 rings (SSSR count). The molecule has 94 valence electrons. The molecule has 0 amide bonds. The Kier molecular flexibility index (Phi) is 3.11. The lowest BCUT2D eigenvalue weighted by atomic mass is 10.1. The van der Waals surface area contributed by atoms with Crippen molar-refractivity contribution in [3.8, 4) is 0 Å². The van der Waals surface area contributed by atoms with Gasteiger partial charge in [-0.3, -0.25) is 9.58 Å². The van der Waals surface area contributed by atoms with Crippen LogP contribution in [-0.4, -0.2) is 39.9 Å². The van der Waals surface area contributed by atoms with Gasteiger partial charge in [0.1, 0.15) is 0 Å². The van der Waals surface area contributed by atoms with Crippen molar-refractivity contribution in [3.05, 3.63) is 16.9 Å². The number of fused-ring (bicyclic) bond motifs is 2. The minimum Gasteiger partial charge on any atom is -0.310 e. The predicted octanol–water partition coefficient (Wildman–Crippen LogP) is 1.40. The summed E-state index contributed by atoms with van der Waals surface area (Å²) in [6.45, 7) is 3.22. The van der Waals surface area contributed by atoms with E-state index in [1.165, 1.54) is 19.3 Å². The number of aromatic nitrogens is 2. The second kappa shape index (κ2) is 4.59. The van der Waals surface area contributed by atoms with Crippen molar-refractivity contribution in [2.24, 2.45) is 7.05 Å². The number of nitrogens with zero attached hydrogens (tertiary/aromatic N) is 3. The van der Waals surface area contributed by atoms with Crippen molar-refractivity contribution in [2.75, 3.05) is 13.1 Å². The smallest absolute Gasteiger partial charge is 0.0831 e. The molecule has 0 radical (unpaired) electrons. The molecule has 2 atom stereocenters. The Morgan fingerprint density at radius 1 is 1.41 bits per heavy atom. The van der Waals surface area contributed by atoms with E-state index in [1.54, 1.807) is 6.20 Å². The molecule has 3 heterocycles. The Morgan fingerprint density at radius 2 is 2.24 bits per heavy atom. The zero-order chi connectivity index (χ0) is 11.8. The van der Waals surface area contributed by atoms with Crippen LogP contribution < -0.4 is 5.32 Å². The Balaban J connectivity index is 1.69. The highest BCUT2D eigenvalue weighted by atomic mass is 35.5. The molecule has 17 heavy (non-hydrogen) atoms. The first kappa shape index (κ1) is 11.5. The summed E-state index contributed by atoms with van der Waals surface area (Å²) in [5.41, 5.74) is 1.13. The van der Waals surface area contributed by atoms with Crippen LogP contribution in [0.5, 0.6) is 0 Å². The fraction of sp³-hybridized carbons (Fsp3) is 0.750. The summed E-state index contributed by atoms with van der Waals surface area (Å²) in [6.07, 6.45) is 5.66. The second-order valence-corrected chi connectivity index (χ2v) is 5.63. The van der Waals surface area contributed by atoms with Crippen LogP contribution in [0.3, 0.4) is 0 Å². The van der Waals surface area contributed by atoms with Crippen molar-refractivity contribution in [3.63, 3.8) is 0 Å². The van der Waals surface area contributed by atoms with Crippen LogP contribution in [0, 0.1) is 0 Å². The molecule has 2 aliphatic rings. The minimum absolute atomic E-state index is 0.675. The minimum atomic E-state index is 0.675. The Morgan fingerprint density at radius 3 is 3.00 bits per heavy atom. The van der Waals surface area contributed by atoms with Gasteiger partial charge in [0.15, 0.2) is 0 Å². The molecule has 4 nitrogen and oxygen atoms in total. The maximum absolute atomic E-state index is 6.16. The maximum Gasteiger partial charge on any atom is 0.0831 e. The molecule has 0 aromatic carbocycles. The van der Waals surface area contributed by atoms with Gasteiger partial charge >= 0.3 is 0 Å². The van der Waals surface area contributed by atoms with Gasteiger partial charge in [-0.25, -0.2) is 0 Å². The summed E-state index contributed by atoms with van der Waals surface area (Å²) in [6, 6.07) is 1.42. The molecule has 1 N–H and O–H groups in total. The maximum atomic E-state index is 6.16. The molecular formula is C12H19ClN4. The van der Waals surface area contributed by atoms with E-state index in [4.69, 9.17) is 11.6 Å². The lowest BCUT2D eigenvalue weighted by Gasteiger charge is -2.24. The highest BCUT2D eigenvalue weighted by Crippen LogP contribution is 2.23. The van der Waals surface area contributed by atoms with Gasteiger partial charge in [-0.15, -0.1) is 0 Å². The fourth-order valence-corrected chi connectivity index (χ4v) is 3.21. The normalized spacial score (nSPS) is 29.5. The quantitative estimate of drug-likeness (QED) is 0.866. The van der Waals surface area contributed by atoms with Gasteiger partial charge in [0.25, 0.3) is 0 Å². The van der Waals surface area contributed by atoms with E-state index in [2.05, 4.69) is 15.3 Å². The molecule has 5 heteroatoms. The first-order valence-corrected chi connectivity index (χ1v) is 6.75. The number of hydrogen-bond acceptors (Lipinski definition) is 3. The third-order valence-corrected chi connectivity index (χ3v) is 4.31. The summed E-state index contributed by atoms with van der Waals surface area (Å²) in [5, 5.41) is 8.68. The lowest BCUT2D eigenvalue weighted by molar-refractivity contribution is 0.245. The summed E-state index contributed by atoms with van der Waals surface area (Å²) in [5.74, 6) is 0. The Bertz CT molecular complexity index is 384. The number of likely N-dealkylation sites (tertiary alicyclic amines) is 1.